The van der Waals surface area contributed by atoms with Crippen molar-refractivity contribution in [1.82, 2.24) is 0 Å². The van der Waals surface area contributed by atoms with E-state index >= 15 is 0 Å². The van der Waals surface area contributed by atoms with E-state index in [9.17, 15) is 4.79 Å². The van der Waals surface area contributed by atoms with E-state index in [2.05, 4.69) is 4.74 Å². The zero-order valence-electron chi connectivity index (χ0n) is 4.00. The third kappa shape index (κ3) is 9.83. The Hall–Kier alpha value is 0.673. The molecule has 50 valence electrons. The molecule has 0 N–H and O–H groups in total. The topological polar surface area (TPSA) is 26.3 Å². The fourth-order valence-corrected chi connectivity index (χ4v) is 0.376. The van der Waals surface area contributed by atoms with Crippen LogP contribution in [0.1, 0.15) is 6.92 Å². The summed E-state index contributed by atoms with van der Waals surface area (Å²) in [5, 5.41) is -1.03. The van der Waals surface area contributed by atoms with Gasteiger partial charge >= 0.3 is 5.97 Å². The van der Waals surface area contributed by atoms with Crippen LogP contribution in [0.3, 0.4) is 0 Å². The van der Waals surface area contributed by atoms with E-state index < -0.39 is 11.0 Å². The number of halogens is 2. The number of alkyl halides is 2. The zero-order chi connectivity index (χ0) is 5.86. The Morgan fingerprint density at radius 1 is 1.62 bits per heavy atom. The smallest absolute Gasteiger partial charge is 0.305 e. The van der Waals surface area contributed by atoms with Gasteiger partial charge in [-0.25, -0.2) is 0 Å². The molecular formula is C3H4Cl2O2Ru. The minimum absolute atomic E-state index is 0. The van der Waals surface area contributed by atoms with E-state index in [4.69, 9.17) is 23.2 Å². The van der Waals surface area contributed by atoms with Gasteiger partial charge in [0.2, 0.25) is 0 Å². The first kappa shape index (κ1) is 11.5. The van der Waals surface area contributed by atoms with Crippen LogP contribution in [-0.2, 0) is 29.0 Å². The van der Waals surface area contributed by atoms with Crippen LogP contribution in [0.4, 0.5) is 0 Å². The molecule has 0 aromatic rings. The van der Waals surface area contributed by atoms with Crippen LogP contribution >= 0.6 is 23.2 Å². The van der Waals surface area contributed by atoms with Crippen molar-refractivity contribution in [3.8, 4) is 0 Å². The van der Waals surface area contributed by atoms with Crippen LogP contribution in [0.15, 0.2) is 0 Å². The van der Waals surface area contributed by atoms with Gasteiger partial charge in [0.05, 0.1) is 0 Å². The van der Waals surface area contributed by atoms with Gasteiger partial charge in [-0.05, 0) is 0 Å². The van der Waals surface area contributed by atoms with Gasteiger partial charge in [0.1, 0.15) is 0 Å². The molecule has 0 saturated heterocycles. The predicted octanol–water partition coefficient (Wildman–Crippen LogP) is 1.31. The van der Waals surface area contributed by atoms with Crippen molar-refractivity contribution >= 4 is 29.2 Å². The van der Waals surface area contributed by atoms with E-state index in [-0.39, 0.29) is 19.5 Å². The number of ether oxygens (including phenoxy) is 1. The summed E-state index contributed by atoms with van der Waals surface area (Å²) in [7, 11) is 0. The first-order chi connectivity index (χ1) is 3.13. The van der Waals surface area contributed by atoms with E-state index in [0.29, 0.717) is 0 Å². The van der Waals surface area contributed by atoms with Crippen LogP contribution in [-0.4, -0.2) is 11.0 Å². The second-order valence-corrected chi connectivity index (χ2v) is 1.89. The van der Waals surface area contributed by atoms with Crippen molar-refractivity contribution in [1.29, 1.82) is 0 Å². The average Bonchev–Trinajstić information content (AvgIpc) is 1.27. The van der Waals surface area contributed by atoms with Crippen LogP contribution in [0.25, 0.3) is 0 Å². The third-order valence-electron chi connectivity index (χ3n) is 0.255. The summed E-state index contributed by atoms with van der Waals surface area (Å²) < 4.78 is 4.14. The van der Waals surface area contributed by atoms with Gasteiger partial charge in [0.15, 0.2) is 0 Å². The number of carbonyl (C=O) groups excluding carboxylic acids is 1. The molecule has 0 aliphatic heterocycles. The molecular weight excluding hydrogens is 240 g/mol. The van der Waals surface area contributed by atoms with Crippen LogP contribution < -0.4 is 0 Å². The van der Waals surface area contributed by atoms with E-state index in [1.165, 1.54) is 6.92 Å². The summed E-state index contributed by atoms with van der Waals surface area (Å²) in [6.45, 7) is 1.23. The van der Waals surface area contributed by atoms with Gasteiger partial charge in [-0.1, -0.05) is 23.2 Å². The van der Waals surface area contributed by atoms with Crippen molar-refractivity contribution in [3.63, 3.8) is 0 Å². The van der Waals surface area contributed by atoms with E-state index in [1.54, 1.807) is 0 Å². The molecule has 0 atom stereocenters. The third-order valence-corrected chi connectivity index (χ3v) is 0.433. The minimum atomic E-state index is -1.03. The van der Waals surface area contributed by atoms with Gasteiger partial charge in [0, 0.05) is 26.4 Å². The van der Waals surface area contributed by atoms with Gasteiger partial charge in [-0.15, -0.1) is 0 Å². The van der Waals surface area contributed by atoms with Crippen molar-refractivity contribution in [2.75, 3.05) is 0 Å². The second-order valence-electron chi connectivity index (χ2n) is 0.870. The molecule has 0 fully saturated rings. The van der Waals surface area contributed by atoms with Crippen molar-refractivity contribution in [2.24, 2.45) is 0 Å². The van der Waals surface area contributed by atoms with E-state index in [0.717, 1.165) is 0 Å². The number of hydrogen-bond acceptors (Lipinski definition) is 2. The molecule has 2 nitrogen and oxygen atoms in total. The summed E-state index contributed by atoms with van der Waals surface area (Å²) >= 11 is 9.99. The number of carbonyl (C=O) groups is 1. The summed E-state index contributed by atoms with van der Waals surface area (Å²) in [6, 6.07) is 0. The Labute approximate surface area is 70.2 Å². The Morgan fingerprint density at radius 3 is 2.00 bits per heavy atom. The molecule has 5 heteroatoms. The molecule has 0 saturated carbocycles. The number of esters is 1. The maximum Gasteiger partial charge on any atom is 0.305 e. The van der Waals surface area contributed by atoms with Crippen LogP contribution in [0.5, 0.6) is 0 Å². The summed E-state index contributed by atoms with van der Waals surface area (Å²) in [5.41, 5.74) is 0. The molecule has 0 aliphatic carbocycles. The molecule has 8 heavy (non-hydrogen) atoms. The molecule has 0 heterocycles. The Balaban J connectivity index is 0. The summed E-state index contributed by atoms with van der Waals surface area (Å²) in [6.07, 6.45) is 0. The maximum absolute atomic E-state index is 9.86. The zero-order valence-corrected chi connectivity index (χ0v) is 7.25. The molecule has 0 spiro atoms. The summed E-state index contributed by atoms with van der Waals surface area (Å²) in [5.74, 6) is -0.477. The first-order valence-electron chi connectivity index (χ1n) is 1.58. The fourth-order valence-electron chi connectivity index (χ4n) is 0.125. The van der Waals surface area contributed by atoms with Gasteiger partial charge in [-0.3, -0.25) is 4.79 Å². The summed E-state index contributed by atoms with van der Waals surface area (Å²) in [4.78, 5) is 9.86. The molecule has 0 unspecified atom stereocenters. The standard InChI is InChI=1S/C3H4Cl2O2.Ru/c1-2(6)7-3(4)5;/h3H,1H3;. The van der Waals surface area contributed by atoms with Crippen molar-refractivity contribution < 1.29 is 29.0 Å². The Kier molecular flexibility index (Phi) is 8.32. The quantitative estimate of drug-likeness (QED) is 0.395. The Morgan fingerprint density at radius 2 is 2.00 bits per heavy atom. The van der Waals surface area contributed by atoms with Crippen LogP contribution in [0, 0.1) is 0 Å². The van der Waals surface area contributed by atoms with Crippen molar-refractivity contribution in [3.05, 3.63) is 0 Å². The second kappa shape index (κ2) is 5.80. The van der Waals surface area contributed by atoms with Crippen molar-refractivity contribution in [2.45, 2.75) is 11.9 Å². The monoisotopic (exact) mass is 244 g/mol. The van der Waals surface area contributed by atoms with Gasteiger partial charge < -0.3 is 4.74 Å². The molecule has 0 aromatic heterocycles. The largest absolute Gasteiger partial charge is 0.432 e. The predicted molar refractivity (Wildman–Crippen MR) is 27.3 cm³/mol. The molecule has 0 aromatic carbocycles. The number of rotatable bonds is 1. The molecule has 0 aliphatic rings. The van der Waals surface area contributed by atoms with Gasteiger partial charge in [0.25, 0.3) is 5.02 Å². The average molecular weight is 244 g/mol. The first-order valence-corrected chi connectivity index (χ1v) is 2.45. The molecule has 0 radical (unpaired) electrons. The maximum atomic E-state index is 9.86. The Bertz CT molecular complexity index is 75.7. The minimum Gasteiger partial charge on any atom is -0.432 e. The number of hydrogen-bond donors (Lipinski definition) is 0. The molecule has 0 rings (SSSR count). The molecule has 0 amide bonds. The molecule has 0 bridgehead atoms. The fraction of sp³-hybridized carbons (Fsp3) is 0.667. The SMILES string of the molecule is CC(=O)OC(Cl)Cl.[Ru]. The normalized spacial score (nSPS) is 8.00. The van der Waals surface area contributed by atoms with Crippen LogP contribution in [0.2, 0.25) is 0 Å². The van der Waals surface area contributed by atoms with E-state index in [1.807, 2.05) is 0 Å². The van der Waals surface area contributed by atoms with Gasteiger partial charge in [-0.2, -0.15) is 0 Å².